The van der Waals surface area contributed by atoms with E-state index >= 15 is 0 Å². The van der Waals surface area contributed by atoms with Crippen LogP contribution in [-0.2, 0) is 28.7 Å². The Morgan fingerprint density at radius 3 is 2.09 bits per heavy atom. The van der Waals surface area contributed by atoms with Gasteiger partial charge in [-0.05, 0) is 45.2 Å². The molecule has 0 aromatic heterocycles. The van der Waals surface area contributed by atoms with Gasteiger partial charge < -0.3 is 29.9 Å². The molecule has 35 heavy (non-hydrogen) atoms. The molecular formula is C24H32N2O9. The predicted molar refractivity (Wildman–Crippen MR) is 126 cm³/mol. The average Bonchev–Trinajstić information content (AvgIpc) is 3.31. The summed E-state index contributed by atoms with van der Waals surface area (Å²) in [5.74, 6) is -4.75. The monoisotopic (exact) mass is 492 g/mol. The Hall–Kier alpha value is -3.89. The van der Waals surface area contributed by atoms with E-state index in [1.54, 1.807) is 11.8 Å². The fraction of sp³-hybridized carbons (Fsp3) is 0.458. The van der Waals surface area contributed by atoms with Crippen LogP contribution in [0.2, 0.25) is 0 Å². The van der Waals surface area contributed by atoms with Crippen LogP contribution in [0.15, 0.2) is 42.5 Å². The van der Waals surface area contributed by atoms with Crippen molar-refractivity contribution >= 4 is 35.5 Å². The number of ether oxygens (including phenoxy) is 1. The smallest absolute Gasteiger partial charge is 0.341 e. The van der Waals surface area contributed by atoms with Crippen LogP contribution in [-0.4, -0.2) is 81.3 Å². The zero-order valence-electron chi connectivity index (χ0n) is 20.0. The van der Waals surface area contributed by atoms with E-state index < -0.39 is 41.4 Å². The highest BCUT2D eigenvalue weighted by Gasteiger charge is 2.52. The number of carboxylic acid groups (broad SMARTS) is 3. The van der Waals surface area contributed by atoms with E-state index in [2.05, 4.69) is 0 Å². The van der Waals surface area contributed by atoms with E-state index in [-0.39, 0.29) is 6.61 Å². The summed E-state index contributed by atoms with van der Waals surface area (Å²) in [6.07, 6.45) is 2.81. The number of benzene rings is 1. The second-order valence-corrected chi connectivity index (χ2v) is 7.78. The number of likely N-dealkylation sites (tertiary alicyclic amines) is 1. The fourth-order valence-electron chi connectivity index (χ4n) is 3.72. The van der Waals surface area contributed by atoms with Gasteiger partial charge in [0.1, 0.15) is 6.04 Å². The van der Waals surface area contributed by atoms with Crippen LogP contribution in [0.3, 0.4) is 0 Å². The molecule has 1 aromatic rings. The minimum absolute atomic E-state index is 0.138. The Morgan fingerprint density at radius 1 is 1.06 bits per heavy atom. The van der Waals surface area contributed by atoms with Gasteiger partial charge in [0.25, 0.3) is 5.91 Å². The van der Waals surface area contributed by atoms with Crippen molar-refractivity contribution < 1.29 is 44.0 Å². The van der Waals surface area contributed by atoms with Crippen molar-refractivity contribution in [3.8, 4) is 0 Å². The van der Waals surface area contributed by atoms with Gasteiger partial charge in [0.05, 0.1) is 6.61 Å². The average molecular weight is 493 g/mol. The van der Waals surface area contributed by atoms with Gasteiger partial charge >= 0.3 is 23.9 Å². The maximum atomic E-state index is 13.5. The molecule has 11 nitrogen and oxygen atoms in total. The molecule has 2 atom stereocenters. The molecule has 1 aromatic carbocycles. The molecule has 192 valence electrons. The highest BCUT2D eigenvalue weighted by atomic mass is 16.5. The van der Waals surface area contributed by atoms with Gasteiger partial charge in [-0.25, -0.2) is 19.2 Å². The molecule has 0 radical (unpaired) electrons. The van der Waals surface area contributed by atoms with Crippen LogP contribution < -0.4 is 4.90 Å². The number of esters is 1. The zero-order valence-corrected chi connectivity index (χ0v) is 20.0. The second-order valence-electron chi connectivity index (χ2n) is 7.78. The highest BCUT2D eigenvalue weighted by molar-refractivity contribution is 6.11. The van der Waals surface area contributed by atoms with Gasteiger partial charge in [0.15, 0.2) is 0 Å². The molecule has 1 saturated heterocycles. The number of amides is 1. The Bertz CT molecular complexity index is 916. The van der Waals surface area contributed by atoms with E-state index in [1.807, 2.05) is 37.3 Å². The number of hydrogen-bond donors (Lipinski definition) is 3. The van der Waals surface area contributed by atoms with E-state index in [0.717, 1.165) is 0 Å². The number of aliphatic carboxylic acids is 3. The molecule has 11 heteroatoms. The number of para-hydroxylation sites is 1. The first-order valence-electron chi connectivity index (χ1n) is 11.2. The molecule has 0 spiro atoms. The molecule has 2 rings (SSSR count). The van der Waals surface area contributed by atoms with Crippen LogP contribution in [0.1, 0.15) is 40.0 Å². The number of carbonyl (C=O) groups is 5. The third-order valence-electron chi connectivity index (χ3n) is 5.31. The van der Waals surface area contributed by atoms with Crippen LogP contribution in [0.5, 0.6) is 0 Å². The van der Waals surface area contributed by atoms with Crippen molar-refractivity contribution in [3.63, 3.8) is 0 Å². The molecule has 1 amide bonds. The van der Waals surface area contributed by atoms with Crippen molar-refractivity contribution in [1.82, 2.24) is 4.90 Å². The van der Waals surface area contributed by atoms with Crippen molar-refractivity contribution in [1.29, 1.82) is 0 Å². The Balaban J connectivity index is 0.000000658. The number of hydrogen-bond acceptors (Lipinski definition) is 7. The van der Waals surface area contributed by atoms with E-state index in [9.17, 15) is 29.1 Å². The van der Waals surface area contributed by atoms with Crippen molar-refractivity contribution in [2.45, 2.75) is 51.6 Å². The summed E-state index contributed by atoms with van der Waals surface area (Å²) in [6, 6.07) is 8.29. The SMILES string of the molecule is CCCN(c1ccccc1)[C@](C)(C(=O)OCC)C(=O)N1CCC[C@H]1C(=O)O.O=C(O)C=CC(=O)O. The van der Waals surface area contributed by atoms with Crippen molar-refractivity contribution in [2.75, 3.05) is 24.6 Å². The number of rotatable bonds is 10. The number of carboxylic acids is 3. The molecule has 1 aliphatic rings. The first-order valence-corrected chi connectivity index (χ1v) is 11.2. The molecule has 1 heterocycles. The van der Waals surface area contributed by atoms with Crippen LogP contribution in [0, 0.1) is 0 Å². The summed E-state index contributed by atoms with van der Waals surface area (Å²) < 4.78 is 5.26. The van der Waals surface area contributed by atoms with Crippen molar-refractivity contribution in [3.05, 3.63) is 42.5 Å². The highest BCUT2D eigenvalue weighted by Crippen LogP contribution is 2.31. The summed E-state index contributed by atoms with van der Waals surface area (Å²) >= 11 is 0. The van der Waals surface area contributed by atoms with Gasteiger partial charge in [-0.3, -0.25) is 4.79 Å². The van der Waals surface area contributed by atoms with E-state index in [1.165, 1.54) is 11.8 Å². The summed E-state index contributed by atoms with van der Waals surface area (Å²) in [4.78, 5) is 60.2. The summed E-state index contributed by atoms with van der Waals surface area (Å²) in [6.45, 7) is 6.09. The van der Waals surface area contributed by atoms with Gasteiger partial charge in [0, 0.05) is 30.9 Å². The minimum atomic E-state index is -1.63. The second kappa shape index (κ2) is 13.7. The lowest BCUT2D eigenvalue weighted by Crippen LogP contribution is -2.64. The third kappa shape index (κ3) is 7.83. The third-order valence-corrected chi connectivity index (χ3v) is 5.31. The Kier molecular flexibility index (Phi) is 11.4. The van der Waals surface area contributed by atoms with E-state index in [4.69, 9.17) is 14.9 Å². The normalized spacial score (nSPS) is 16.5. The first-order chi connectivity index (χ1) is 16.5. The fourth-order valence-corrected chi connectivity index (χ4v) is 3.72. The minimum Gasteiger partial charge on any atom is -0.480 e. The Labute approximate surface area is 203 Å². The van der Waals surface area contributed by atoms with Crippen molar-refractivity contribution in [2.24, 2.45) is 0 Å². The largest absolute Gasteiger partial charge is 0.480 e. The summed E-state index contributed by atoms with van der Waals surface area (Å²) in [5, 5.41) is 25.1. The number of anilines is 1. The molecule has 0 bridgehead atoms. The van der Waals surface area contributed by atoms with Crippen LogP contribution in [0.4, 0.5) is 5.69 Å². The molecule has 0 aliphatic carbocycles. The van der Waals surface area contributed by atoms with E-state index in [0.29, 0.717) is 50.2 Å². The maximum Gasteiger partial charge on any atom is 0.341 e. The Morgan fingerprint density at radius 2 is 1.63 bits per heavy atom. The lowest BCUT2D eigenvalue weighted by molar-refractivity contribution is -0.160. The van der Waals surface area contributed by atoms with Gasteiger partial charge in [-0.15, -0.1) is 0 Å². The predicted octanol–water partition coefficient (Wildman–Crippen LogP) is 2.01. The quantitative estimate of drug-likeness (QED) is 0.250. The van der Waals surface area contributed by atoms with Crippen LogP contribution >= 0.6 is 0 Å². The van der Waals surface area contributed by atoms with Crippen LogP contribution in [0.25, 0.3) is 0 Å². The number of nitrogens with zero attached hydrogens (tertiary/aromatic N) is 2. The first kappa shape index (κ1) is 29.1. The topological polar surface area (TPSA) is 162 Å². The lowest BCUT2D eigenvalue weighted by atomic mass is 9.95. The number of carbonyl (C=O) groups excluding carboxylic acids is 2. The zero-order chi connectivity index (χ0) is 26.6. The summed E-state index contributed by atoms with van der Waals surface area (Å²) in [5.41, 5.74) is -0.917. The van der Waals surface area contributed by atoms with Gasteiger partial charge in [-0.1, -0.05) is 25.1 Å². The molecule has 1 fully saturated rings. The maximum absolute atomic E-state index is 13.5. The van der Waals surface area contributed by atoms with Gasteiger partial charge in [0.2, 0.25) is 5.54 Å². The molecule has 0 saturated carbocycles. The standard InChI is InChI=1S/C20H28N2O5.C4H4O4/c1-4-13-22(15-10-7-6-8-11-15)20(3,19(26)27-5-2)18(25)21-14-9-12-16(21)17(23)24;5-3(6)1-2-4(7)8/h6-8,10-11,16H,4-5,9,12-14H2,1-3H3,(H,23,24);1-2H,(H,5,6)(H,7,8)/t16-,20-;/m0./s1. The molecule has 3 N–H and O–H groups in total. The van der Waals surface area contributed by atoms with Gasteiger partial charge in [-0.2, -0.15) is 0 Å². The molecule has 1 aliphatic heterocycles. The summed E-state index contributed by atoms with van der Waals surface area (Å²) in [7, 11) is 0. The molecular weight excluding hydrogens is 460 g/mol. The lowest BCUT2D eigenvalue weighted by Gasteiger charge is -2.42. The molecule has 0 unspecified atom stereocenters.